The van der Waals surface area contributed by atoms with Crippen LogP contribution in [0, 0.1) is 0 Å². The summed E-state index contributed by atoms with van der Waals surface area (Å²) in [4.78, 5) is 1.45. The van der Waals surface area contributed by atoms with Gasteiger partial charge in [0.1, 0.15) is 11.5 Å². The van der Waals surface area contributed by atoms with Gasteiger partial charge in [-0.3, -0.25) is 0 Å². The summed E-state index contributed by atoms with van der Waals surface area (Å²) in [7, 11) is 0.294. The summed E-state index contributed by atoms with van der Waals surface area (Å²) < 4.78 is 0. The first kappa shape index (κ1) is 13.0. The van der Waals surface area contributed by atoms with E-state index in [9.17, 15) is 0 Å². The predicted octanol–water partition coefficient (Wildman–Crippen LogP) is 4.09. The molecule has 2 aromatic carbocycles. The van der Waals surface area contributed by atoms with Gasteiger partial charge in [-0.15, -0.1) is 0 Å². The van der Waals surface area contributed by atoms with Crippen molar-refractivity contribution in [2.45, 2.75) is 11.3 Å². The van der Waals surface area contributed by atoms with Crippen molar-refractivity contribution in [1.29, 1.82) is 0 Å². The van der Waals surface area contributed by atoms with Crippen LogP contribution >= 0.6 is 0 Å². The van der Waals surface area contributed by atoms with Gasteiger partial charge in [-0.2, -0.15) is 0 Å². The summed E-state index contributed by atoms with van der Waals surface area (Å²) in [6.45, 7) is 3.89. The second-order valence-corrected chi connectivity index (χ2v) is 6.40. The van der Waals surface area contributed by atoms with Crippen LogP contribution in [0.15, 0.2) is 78.2 Å². The summed E-state index contributed by atoms with van der Waals surface area (Å²) in [6.07, 6.45) is 3.19. The fourth-order valence-electron chi connectivity index (χ4n) is 1.94. The largest absolute Gasteiger partial charge is 0.155 e. The van der Waals surface area contributed by atoms with Gasteiger partial charge < -0.3 is 0 Å². The number of rotatable bonds is 6. The molecule has 1 atom stereocenters. The first-order chi connectivity index (χ1) is 8.90. The van der Waals surface area contributed by atoms with Crippen molar-refractivity contribution in [3.8, 4) is 0 Å². The normalized spacial score (nSPS) is 12.0. The molecule has 18 heavy (non-hydrogen) atoms. The molecule has 0 amide bonds. The lowest BCUT2D eigenvalue weighted by Gasteiger charge is -2.06. The minimum Gasteiger partial charge on any atom is -0.0984 e. The Balaban J connectivity index is 2.01. The van der Waals surface area contributed by atoms with Crippen LogP contribution in [0.4, 0.5) is 0 Å². The van der Waals surface area contributed by atoms with Gasteiger partial charge in [0.05, 0.1) is 0 Å². The average molecular weight is 255 g/mol. The Morgan fingerprint density at radius 3 is 2.11 bits per heavy atom. The van der Waals surface area contributed by atoms with Crippen molar-refractivity contribution >= 4 is 10.9 Å². The van der Waals surface area contributed by atoms with E-state index in [0.717, 1.165) is 12.2 Å². The van der Waals surface area contributed by atoms with E-state index in [2.05, 4.69) is 67.2 Å². The van der Waals surface area contributed by atoms with E-state index in [-0.39, 0.29) is 0 Å². The molecule has 1 unspecified atom stereocenters. The maximum Gasteiger partial charge on any atom is 0.155 e. The summed E-state index contributed by atoms with van der Waals surface area (Å²) in [5.41, 5.74) is 1.43. The highest BCUT2D eigenvalue weighted by molar-refractivity contribution is 7.97. The molecule has 92 valence electrons. The van der Waals surface area contributed by atoms with E-state index < -0.39 is 0 Å². The zero-order valence-corrected chi connectivity index (χ0v) is 11.4. The molecule has 0 spiro atoms. The standard InChI is InChI=1S/C17H19S/c1-2-14-18(17-11-7-4-8-12-17)15-13-16-9-5-3-6-10-16/h2-12H,1,13-15H2/q+1. The van der Waals surface area contributed by atoms with Crippen LogP contribution in [0.25, 0.3) is 0 Å². The van der Waals surface area contributed by atoms with E-state index in [1.165, 1.54) is 16.2 Å². The second kappa shape index (κ2) is 7.07. The summed E-state index contributed by atoms with van der Waals surface area (Å²) in [5.74, 6) is 2.29. The molecule has 0 aliphatic heterocycles. The molecule has 0 aromatic heterocycles. The van der Waals surface area contributed by atoms with E-state index in [0.29, 0.717) is 10.9 Å². The number of hydrogen-bond acceptors (Lipinski definition) is 0. The molecule has 0 fully saturated rings. The number of aryl methyl sites for hydroxylation is 1. The Hall–Kier alpha value is -1.47. The van der Waals surface area contributed by atoms with E-state index in [4.69, 9.17) is 0 Å². The van der Waals surface area contributed by atoms with Gasteiger partial charge >= 0.3 is 0 Å². The van der Waals surface area contributed by atoms with Crippen LogP contribution in [-0.2, 0) is 17.3 Å². The topological polar surface area (TPSA) is 0 Å². The fourth-order valence-corrected chi connectivity index (χ4v) is 3.84. The molecule has 1 heteroatoms. The predicted molar refractivity (Wildman–Crippen MR) is 82.2 cm³/mol. The number of benzene rings is 2. The first-order valence-corrected chi connectivity index (χ1v) is 7.84. The molecule has 0 N–H and O–H groups in total. The second-order valence-electron chi connectivity index (χ2n) is 4.20. The minimum absolute atomic E-state index is 0.294. The van der Waals surface area contributed by atoms with Crippen molar-refractivity contribution in [3.05, 3.63) is 78.9 Å². The van der Waals surface area contributed by atoms with Crippen LogP contribution in [0.1, 0.15) is 5.56 Å². The zero-order chi connectivity index (χ0) is 12.6. The molecule has 0 saturated carbocycles. The lowest BCUT2D eigenvalue weighted by Crippen LogP contribution is -2.13. The highest BCUT2D eigenvalue weighted by Crippen LogP contribution is 2.15. The summed E-state index contributed by atoms with van der Waals surface area (Å²) in [5, 5.41) is 0. The molecule has 2 aromatic rings. The molecule has 0 heterocycles. The highest BCUT2D eigenvalue weighted by Gasteiger charge is 2.19. The molecule has 0 nitrogen and oxygen atoms in total. The van der Waals surface area contributed by atoms with Crippen LogP contribution < -0.4 is 0 Å². The first-order valence-electron chi connectivity index (χ1n) is 6.27. The van der Waals surface area contributed by atoms with Crippen molar-refractivity contribution in [1.82, 2.24) is 0 Å². The SMILES string of the molecule is C=CC[S+](CCc1ccccc1)c1ccccc1. The third-order valence-electron chi connectivity index (χ3n) is 2.88. The third-order valence-corrected chi connectivity index (χ3v) is 5.15. The monoisotopic (exact) mass is 255 g/mol. The van der Waals surface area contributed by atoms with Crippen molar-refractivity contribution < 1.29 is 0 Å². The Bertz CT molecular complexity index is 461. The minimum atomic E-state index is 0.294. The smallest absolute Gasteiger partial charge is 0.0984 e. The van der Waals surface area contributed by atoms with Gasteiger partial charge in [0.15, 0.2) is 4.90 Å². The molecule has 0 aliphatic rings. The van der Waals surface area contributed by atoms with Crippen LogP contribution in [0.2, 0.25) is 0 Å². The van der Waals surface area contributed by atoms with Crippen molar-refractivity contribution in [3.63, 3.8) is 0 Å². The molecule has 2 rings (SSSR count). The average Bonchev–Trinajstić information content (AvgIpc) is 2.45. The molecule has 0 radical (unpaired) electrons. The zero-order valence-electron chi connectivity index (χ0n) is 10.6. The molecular weight excluding hydrogens is 236 g/mol. The molecule has 0 bridgehead atoms. The lowest BCUT2D eigenvalue weighted by atomic mass is 10.2. The quantitative estimate of drug-likeness (QED) is 0.538. The van der Waals surface area contributed by atoms with E-state index in [1.54, 1.807) is 0 Å². The van der Waals surface area contributed by atoms with Gasteiger partial charge in [0.25, 0.3) is 0 Å². The maximum atomic E-state index is 3.89. The molecular formula is C17H19S+. The highest BCUT2D eigenvalue weighted by atomic mass is 32.2. The van der Waals surface area contributed by atoms with Crippen LogP contribution in [0.3, 0.4) is 0 Å². The van der Waals surface area contributed by atoms with Gasteiger partial charge in [0, 0.05) is 17.3 Å². The van der Waals surface area contributed by atoms with Gasteiger partial charge in [-0.25, -0.2) is 0 Å². The lowest BCUT2D eigenvalue weighted by molar-refractivity contribution is 1.14. The number of hydrogen-bond donors (Lipinski definition) is 0. The van der Waals surface area contributed by atoms with E-state index in [1.807, 2.05) is 6.08 Å². The van der Waals surface area contributed by atoms with Gasteiger partial charge in [-0.05, 0) is 23.8 Å². The Kier molecular flexibility index (Phi) is 5.10. The fraction of sp³-hybridized carbons (Fsp3) is 0.176. The Morgan fingerprint density at radius 2 is 1.50 bits per heavy atom. The third kappa shape index (κ3) is 3.78. The summed E-state index contributed by atoms with van der Waals surface area (Å²) in [6, 6.07) is 21.5. The summed E-state index contributed by atoms with van der Waals surface area (Å²) >= 11 is 0. The van der Waals surface area contributed by atoms with Gasteiger partial charge in [-0.1, -0.05) is 55.1 Å². The Labute approximate surface area is 113 Å². The Morgan fingerprint density at radius 1 is 0.889 bits per heavy atom. The maximum absolute atomic E-state index is 3.89. The van der Waals surface area contributed by atoms with E-state index >= 15 is 0 Å². The van der Waals surface area contributed by atoms with Crippen LogP contribution in [0.5, 0.6) is 0 Å². The van der Waals surface area contributed by atoms with Gasteiger partial charge in [0.2, 0.25) is 0 Å². The van der Waals surface area contributed by atoms with Crippen LogP contribution in [-0.4, -0.2) is 11.5 Å². The van der Waals surface area contributed by atoms with Crippen molar-refractivity contribution in [2.75, 3.05) is 11.5 Å². The molecule has 0 saturated heterocycles. The molecule has 0 aliphatic carbocycles. The van der Waals surface area contributed by atoms with Crippen molar-refractivity contribution in [2.24, 2.45) is 0 Å².